The monoisotopic (exact) mass is 263 g/mol. The molecule has 2 heterocycles. The van der Waals surface area contributed by atoms with Crippen LogP contribution in [0.3, 0.4) is 0 Å². The van der Waals surface area contributed by atoms with Crippen molar-refractivity contribution in [1.29, 1.82) is 0 Å². The van der Waals surface area contributed by atoms with Gasteiger partial charge in [0.15, 0.2) is 12.0 Å². The van der Waals surface area contributed by atoms with Crippen molar-refractivity contribution in [2.24, 2.45) is 0 Å². The van der Waals surface area contributed by atoms with Gasteiger partial charge in [-0.3, -0.25) is 0 Å². The van der Waals surface area contributed by atoms with Gasteiger partial charge in [-0.1, -0.05) is 0 Å². The van der Waals surface area contributed by atoms with Crippen LogP contribution in [0.5, 0.6) is 0 Å². The summed E-state index contributed by atoms with van der Waals surface area (Å²) >= 11 is 0. The van der Waals surface area contributed by atoms with Crippen LogP contribution in [0.4, 0.5) is 10.1 Å². The van der Waals surface area contributed by atoms with Crippen LogP contribution in [0.15, 0.2) is 47.1 Å². The van der Waals surface area contributed by atoms with Gasteiger partial charge in [-0.25, -0.2) is 4.39 Å². The lowest BCUT2D eigenvalue weighted by Gasteiger charge is -2.23. The Bertz CT molecular complexity index is 526. The van der Waals surface area contributed by atoms with E-state index in [4.69, 9.17) is 9.15 Å². The molecule has 1 N–H and O–H groups in total. The lowest BCUT2D eigenvalue weighted by Crippen LogP contribution is -2.25. The standard InChI is InChI=1S/C14H14FNO3/c15-10-3-5-11(6-4-10)16-8-12(9-17)19-14(16)13-2-1-7-18-13/h1-7,12,14,17H,8-9H2. The summed E-state index contributed by atoms with van der Waals surface area (Å²) in [6.07, 6.45) is 0.908. The van der Waals surface area contributed by atoms with Crippen molar-refractivity contribution in [3.63, 3.8) is 0 Å². The number of benzene rings is 1. The van der Waals surface area contributed by atoms with E-state index >= 15 is 0 Å². The van der Waals surface area contributed by atoms with Crippen molar-refractivity contribution in [3.05, 3.63) is 54.2 Å². The largest absolute Gasteiger partial charge is 0.465 e. The highest BCUT2D eigenvalue weighted by Gasteiger charge is 2.35. The van der Waals surface area contributed by atoms with E-state index in [1.54, 1.807) is 24.5 Å². The van der Waals surface area contributed by atoms with E-state index in [0.29, 0.717) is 12.3 Å². The molecule has 0 saturated carbocycles. The lowest BCUT2D eigenvalue weighted by molar-refractivity contribution is 0.00561. The third-order valence-corrected chi connectivity index (χ3v) is 3.15. The molecule has 3 rings (SSSR count). The van der Waals surface area contributed by atoms with Crippen LogP contribution in [0.2, 0.25) is 0 Å². The van der Waals surface area contributed by atoms with Crippen molar-refractivity contribution in [3.8, 4) is 0 Å². The fourth-order valence-electron chi connectivity index (χ4n) is 2.24. The number of anilines is 1. The first kappa shape index (κ1) is 12.2. The van der Waals surface area contributed by atoms with Gasteiger partial charge in [0.25, 0.3) is 0 Å². The van der Waals surface area contributed by atoms with E-state index in [1.165, 1.54) is 12.1 Å². The van der Waals surface area contributed by atoms with Crippen molar-refractivity contribution in [2.45, 2.75) is 12.3 Å². The first-order valence-corrected chi connectivity index (χ1v) is 6.10. The van der Waals surface area contributed by atoms with E-state index in [0.717, 1.165) is 5.69 Å². The molecule has 2 unspecified atom stereocenters. The number of ether oxygens (including phenoxy) is 1. The predicted octanol–water partition coefficient (Wildman–Crippen LogP) is 2.32. The second-order valence-electron chi connectivity index (χ2n) is 4.44. The quantitative estimate of drug-likeness (QED) is 0.923. The van der Waals surface area contributed by atoms with E-state index < -0.39 is 6.23 Å². The van der Waals surface area contributed by atoms with Gasteiger partial charge in [0.1, 0.15) is 11.9 Å². The minimum Gasteiger partial charge on any atom is -0.465 e. The highest BCUT2D eigenvalue weighted by molar-refractivity contribution is 5.48. The molecule has 100 valence electrons. The molecule has 19 heavy (non-hydrogen) atoms. The molecule has 1 aliphatic rings. The molecular formula is C14H14FNO3. The molecule has 0 bridgehead atoms. The molecule has 4 nitrogen and oxygen atoms in total. The summed E-state index contributed by atoms with van der Waals surface area (Å²) in [5.41, 5.74) is 0.832. The summed E-state index contributed by atoms with van der Waals surface area (Å²) in [7, 11) is 0. The third-order valence-electron chi connectivity index (χ3n) is 3.15. The Labute approximate surface area is 110 Å². The number of hydrogen-bond donors (Lipinski definition) is 1. The van der Waals surface area contributed by atoms with Crippen LogP contribution in [-0.4, -0.2) is 24.4 Å². The smallest absolute Gasteiger partial charge is 0.189 e. The molecule has 0 spiro atoms. The zero-order valence-corrected chi connectivity index (χ0v) is 10.2. The van der Waals surface area contributed by atoms with E-state index in [9.17, 15) is 9.50 Å². The Morgan fingerprint density at radius 3 is 2.68 bits per heavy atom. The van der Waals surface area contributed by atoms with Gasteiger partial charge in [0.05, 0.1) is 12.9 Å². The molecule has 0 aliphatic carbocycles. The minimum atomic E-state index is -0.391. The van der Waals surface area contributed by atoms with Crippen LogP contribution in [0.1, 0.15) is 12.0 Å². The number of hydrogen-bond acceptors (Lipinski definition) is 4. The first-order chi connectivity index (χ1) is 9.28. The number of aliphatic hydroxyl groups is 1. The van der Waals surface area contributed by atoms with Gasteiger partial charge >= 0.3 is 0 Å². The number of aliphatic hydroxyl groups excluding tert-OH is 1. The van der Waals surface area contributed by atoms with Crippen LogP contribution in [0, 0.1) is 5.82 Å². The molecule has 2 aromatic rings. The molecular weight excluding hydrogens is 249 g/mol. The van der Waals surface area contributed by atoms with Crippen LogP contribution >= 0.6 is 0 Å². The molecule has 0 amide bonds. The average Bonchev–Trinajstić information content (AvgIpc) is 3.08. The highest BCUT2D eigenvalue weighted by atomic mass is 19.1. The van der Waals surface area contributed by atoms with E-state index in [-0.39, 0.29) is 18.5 Å². The van der Waals surface area contributed by atoms with Crippen molar-refractivity contribution < 1.29 is 18.7 Å². The van der Waals surface area contributed by atoms with Crippen molar-refractivity contribution in [1.82, 2.24) is 0 Å². The maximum absolute atomic E-state index is 13.0. The topological polar surface area (TPSA) is 45.8 Å². The fourth-order valence-corrected chi connectivity index (χ4v) is 2.24. The zero-order chi connectivity index (χ0) is 13.2. The summed E-state index contributed by atoms with van der Waals surface area (Å²) < 4.78 is 24.1. The average molecular weight is 263 g/mol. The van der Waals surface area contributed by atoms with E-state index in [2.05, 4.69) is 0 Å². The number of nitrogens with zero attached hydrogens (tertiary/aromatic N) is 1. The highest BCUT2D eigenvalue weighted by Crippen LogP contribution is 2.34. The van der Waals surface area contributed by atoms with Gasteiger partial charge in [-0.05, 0) is 36.4 Å². The summed E-state index contributed by atoms with van der Waals surface area (Å²) in [6.45, 7) is 0.475. The van der Waals surface area contributed by atoms with Gasteiger partial charge in [0, 0.05) is 12.2 Å². The Hall–Kier alpha value is -1.85. The molecule has 2 atom stereocenters. The van der Waals surface area contributed by atoms with Gasteiger partial charge < -0.3 is 19.2 Å². The summed E-state index contributed by atoms with van der Waals surface area (Å²) in [5.74, 6) is 0.386. The van der Waals surface area contributed by atoms with Crippen LogP contribution in [0.25, 0.3) is 0 Å². The van der Waals surface area contributed by atoms with Gasteiger partial charge in [0.2, 0.25) is 0 Å². The fraction of sp³-hybridized carbons (Fsp3) is 0.286. The summed E-state index contributed by atoms with van der Waals surface area (Å²) in [5, 5.41) is 9.25. The van der Waals surface area contributed by atoms with E-state index in [1.807, 2.05) is 11.0 Å². The zero-order valence-electron chi connectivity index (χ0n) is 10.2. The number of rotatable bonds is 3. The molecule has 1 aliphatic heterocycles. The Balaban J connectivity index is 1.90. The molecule has 1 aromatic carbocycles. The van der Waals surface area contributed by atoms with Crippen molar-refractivity contribution in [2.75, 3.05) is 18.1 Å². The van der Waals surface area contributed by atoms with Crippen LogP contribution < -0.4 is 4.90 Å². The summed E-state index contributed by atoms with van der Waals surface area (Å²) in [4.78, 5) is 1.94. The molecule has 0 radical (unpaired) electrons. The molecule has 5 heteroatoms. The molecule has 1 aromatic heterocycles. The number of furan rings is 1. The predicted molar refractivity (Wildman–Crippen MR) is 67.2 cm³/mol. The minimum absolute atomic E-state index is 0.0606. The first-order valence-electron chi connectivity index (χ1n) is 6.10. The SMILES string of the molecule is OCC1CN(c2ccc(F)cc2)C(c2ccco2)O1. The molecule has 1 saturated heterocycles. The molecule has 1 fully saturated rings. The lowest BCUT2D eigenvalue weighted by atomic mass is 10.2. The Morgan fingerprint density at radius 2 is 2.05 bits per heavy atom. The second kappa shape index (κ2) is 5.03. The Kier molecular flexibility index (Phi) is 3.23. The van der Waals surface area contributed by atoms with Gasteiger partial charge in [-0.15, -0.1) is 0 Å². The second-order valence-corrected chi connectivity index (χ2v) is 4.44. The maximum Gasteiger partial charge on any atom is 0.189 e. The summed E-state index contributed by atoms with van der Waals surface area (Å²) in [6, 6.07) is 9.79. The third kappa shape index (κ3) is 2.34. The maximum atomic E-state index is 13.0. The van der Waals surface area contributed by atoms with Crippen LogP contribution in [-0.2, 0) is 4.74 Å². The Morgan fingerprint density at radius 1 is 1.26 bits per heavy atom. The normalized spacial score (nSPS) is 22.9. The van der Waals surface area contributed by atoms with Crippen molar-refractivity contribution >= 4 is 5.69 Å². The number of halogens is 1. The van der Waals surface area contributed by atoms with Gasteiger partial charge in [-0.2, -0.15) is 0 Å².